The van der Waals surface area contributed by atoms with E-state index in [1.807, 2.05) is 18.5 Å². The highest BCUT2D eigenvalue weighted by atomic mass is 16.1. The van der Waals surface area contributed by atoms with E-state index in [1.54, 1.807) is 11.6 Å². The molecule has 0 radical (unpaired) electrons. The second-order valence-electron chi connectivity index (χ2n) is 4.98. The van der Waals surface area contributed by atoms with Crippen LogP contribution in [0.1, 0.15) is 26.3 Å². The summed E-state index contributed by atoms with van der Waals surface area (Å²) in [6, 6.07) is 1.84. The largest absolute Gasteiger partial charge is 0.361 e. The average Bonchev–Trinajstić information content (AvgIpc) is 2.57. The molecule has 0 saturated heterocycles. The smallest absolute Gasteiger partial charge is 0.259 e. The molecule has 0 unspecified atom stereocenters. The van der Waals surface area contributed by atoms with E-state index >= 15 is 0 Å². The highest BCUT2D eigenvalue weighted by molar-refractivity contribution is 5.82. The monoisotopic (exact) mass is 204 g/mol. The van der Waals surface area contributed by atoms with E-state index < -0.39 is 0 Å². The first kappa shape index (κ1) is 10.0. The standard InChI is InChI=1S/C12H16N2O/c1-12(2,3)9-7-14(4)11(15)8-5-6-13-10(8)9/h5-7,13H,1-4H3. The highest BCUT2D eigenvalue weighted by Gasteiger charge is 2.19. The minimum Gasteiger partial charge on any atom is -0.361 e. The lowest BCUT2D eigenvalue weighted by Gasteiger charge is -2.20. The lowest BCUT2D eigenvalue weighted by Crippen LogP contribution is -2.21. The second-order valence-corrected chi connectivity index (χ2v) is 4.98. The van der Waals surface area contributed by atoms with Crippen LogP contribution in [0.2, 0.25) is 0 Å². The summed E-state index contributed by atoms with van der Waals surface area (Å²) in [5.74, 6) is 0. The van der Waals surface area contributed by atoms with Crippen LogP contribution in [-0.4, -0.2) is 9.55 Å². The van der Waals surface area contributed by atoms with Gasteiger partial charge >= 0.3 is 0 Å². The number of hydrogen-bond donors (Lipinski definition) is 1. The minimum absolute atomic E-state index is 0.0363. The van der Waals surface area contributed by atoms with Crippen molar-refractivity contribution in [3.63, 3.8) is 0 Å². The van der Waals surface area contributed by atoms with Gasteiger partial charge in [0.1, 0.15) is 0 Å². The lowest BCUT2D eigenvalue weighted by molar-refractivity contribution is 0.586. The molecule has 0 bridgehead atoms. The molecule has 0 amide bonds. The fraction of sp³-hybridized carbons (Fsp3) is 0.417. The summed E-state index contributed by atoms with van der Waals surface area (Å²) in [7, 11) is 1.80. The van der Waals surface area contributed by atoms with Gasteiger partial charge in [0.25, 0.3) is 5.56 Å². The Kier molecular flexibility index (Phi) is 2.00. The third kappa shape index (κ3) is 1.48. The van der Waals surface area contributed by atoms with Gasteiger partial charge in [0.2, 0.25) is 0 Å². The summed E-state index contributed by atoms with van der Waals surface area (Å²) in [6.45, 7) is 6.44. The van der Waals surface area contributed by atoms with Crippen molar-refractivity contribution in [2.45, 2.75) is 26.2 Å². The molecule has 0 fully saturated rings. The maximum absolute atomic E-state index is 11.8. The van der Waals surface area contributed by atoms with Gasteiger partial charge in [-0.3, -0.25) is 4.79 Å². The first-order valence-electron chi connectivity index (χ1n) is 5.08. The van der Waals surface area contributed by atoms with Gasteiger partial charge in [-0.2, -0.15) is 0 Å². The van der Waals surface area contributed by atoms with Crippen molar-refractivity contribution in [1.29, 1.82) is 0 Å². The van der Waals surface area contributed by atoms with Crippen LogP contribution in [0.3, 0.4) is 0 Å². The van der Waals surface area contributed by atoms with Crippen molar-refractivity contribution in [2.24, 2.45) is 7.05 Å². The number of nitrogens with zero attached hydrogens (tertiary/aromatic N) is 1. The van der Waals surface area contributed by atoms with Gasteiger partial charge in [0.05, 0.1) is 10.9 Å². The molecule has 2 heterocycles. The molecular weight excluding hydrogens is 188 g/mol. The predicted molar refractivity (Wildman–Crippen MR) is 62.2 cm³/mol. The number of fused-ring (bicyclic) bond motifs is 1. The number of aryl methyl sites for hydroxylation is 1. The van der Waals surface area contributed by atoms with Gasteiger partial charge in [-0.25, -0.2) is 0 Å². The van der Waals surface area contributed by atoms with Gasteiger partial charge in [-0.1, -0.05) is 20.8 Å². The van der Waals surface area contributed by atoms with Crippen LogP contribution in [-0.2, 0) is 12.5 Å². The SMILES string of the molecule is Cn1cc(C(C)(C)C)c2[nH]ccc2c1=O. The van der Waals surface area contributed by atoms with E-state index in [2.05, 4.69) is 25.8 Å². The number of nitrogens with one attached hydrogen (secondary N) is 1. The molecule has 0 atom stereocenters. The van der Waals surface area contributed by atoms with Gasteiger partial charge in [0.15, 0.2) is 0 Å². The van der Waals surface area contributed by atoms with Gasteiger partial charge in [-0.15, -0.1) is 0 Å². The molecule has 0 spiro atoms. The molecule has 0 aliphatic rings. The minimum atomic E-state index is 0.0363. The van der Waals surface area contributed by atoms with Gasteiger partial charge in [0, 0.05) is 19.4 Å². The molecule has 1 N–H and O–H groups in total. The molecule has 3 nitrogen and oxygen atoms in total. The average molecular weight is 204 g/mol. The van der Waals surface area contributed by atoms with Crippen molar-refractivity contribution in [1.82, 2.24) is 9.55 Å². The normalized spacial score (nSPS) is 12.3. The lowest BCUT2D eigenvalue weighted by atomic mass is 9.87. The first-order valence-corrected chi connectivity index (χ1v) is 5.08. The molecule has 2 aromatic rings. The van der Waals surface area contributed by atoms with Crippen LogP contribution < -0.4 is 5.56 Å². The topological polar surface area (TPSA) is 37.8 Å². The third-order valence-corrected chi connectivity index (χ3v) is 2.70. The van der Waals surface area contributed by atoms with E-state index in [0.29, 0.717) is 0 Å². The fourth-order valence-corrected chi connectivity index (χ4v) is 1.85. The van der Waals surface area contributed by atoms with Crippen molar-refractivity contribution in [3.05, 3.63) is 34.4 Å². The number of aromatic nitrogens is 2. The molecule has 0 saturated carbocycles. The number of hydrogen-bond acceptors (Lipinski definition) is 1. The van der Waals surface area contributed by atoms with Crippen LogP contribution in [0.25, 0.3) is 10.9 Å². The Morgan fingerprint density at radius 3 is 2.60 bits per heavy atom. The zero-order valence-electron chi connectivity index (χ0n) is 9.59. The third-order valence-electron chi connectivity index (χ3n) is 2.70. The molecule has 0 aliphatic carbocycles. The maximum atomic E-state index is 11.8. The van der Waals surface area contributed by atoms with Crippen molar-refractivity contribution < 1.29 is 0 Å². The Hall–Kier alpha value is -1.51. The highest BCUT2D eigenvalue weighted by Crippen LogP contribution is 2.26. The zero-order valence-corrected chi connectivity index (χ0v) is 9.59. The number of pyridine rings is 1. The summed E-state index contributed by atoms with van der Waals surface area (Å²) in [5.41, 5.74) is 2.23. The molecule has 80 valence electrons. The molecule has 0 aromatic carbocycles. The maximum Gasteiger partial charge on any atom is 0.259 e. The quantitative estimate of drug-likeness (QED) is 0.701. The van der Waals surface area contributed by atoms with Crippen LogP contribution in [0.15, 0.2) is 23.3 Å². The van der Waals surface area contributed by atoms with Crippen LogP contribution in [0, 0.1) is 0 Å². The Balaban J connectivity index is 2.93. The summed E-state index contributed by atoms with van der Waals surface area (Å²) < 4.78 is 1.65. The van der Waals surface area contributed by atoms with E-state index in [9.17, 15) is 4.79 Å². The summed E-state index contributed by atoms with van der Waals surface area (Å²) in [6.07, 6.45) is 3.74. The van der Waals surface area contributed by atoms with E-state index in [4.69, 9.17) is 0 Å². The molecule has 2 aromatic heterocycles. The van der Waals surface area contributed by atoms with Gasteiger partial charge < -0.3 is 9.55 Å². The molecule has 3 heteroatoms. The molecule has 0 aliphatic heterocycles. The number of aromatic amines is 1. The Bertz CT molecular complexity index is 555. The summed E-state index contributed by atoms with van der Waals surface area (Å²) >= 11 is 0. The van der Waals surface area contributed by atoms with E-state index in [1.165, 1.54) is 5.56 Å². The van der Waals surface area contributed by atoms with Crippen molar-refractivity contribution in [3.8, 4) is 0 Å². The van der Waals surface area contributed by atoms with Crippen LogP contribution in [0.4, 0.5) is 0 Å². The Morgan fingerprint density at radius 2 is 2.00 bits per heavy atom. The number of H-pyrrole nitrogens is 1. The van der Waals surface area contributed by atoms with Crippen LogP contribution >= 0.6 is 0 Å². The Morgan fingerprint density at radius 1 is 1.33 bits per heavy atom. The fourth-order valence-electron chi connectivity index (χ4n) is 1.85. The van der Waals surface area contributed by atoms with Crippen LogP contribution in [0.5, 0.6) is 0 Å². The van der Waals surface area contributed by atoms with Gasteiger partial charge in [-0.05, 0) is 17.0 Å². The van der Waals surface area contributed by atoms with Crippen molar-refractivity contribution >= 4 is 10.9 Å². The molecular formula is C12H16N2O. The second kappa shape index (κ2) is 2.99. The predicted octanol–water partition coefficient (Wildman–Crippen LogP) is 2.16. The zero-order chi connectivity index (χ0) is 11.2. The van der Waals surface area contributed by atoms with E-state index in [-0.39, 0.29) is 11.0 Å². The summed E-state index contributed by atoms with van der Waals surface area (Å²) in [5, 5.41) is 0.768. The molecule has 15 heavy (non-hydrogen) atoms. The number of rotatable bonds is 0. The summed E-state index contributed by atoms with van der Waals surface area (Å²) in [4.78, 5) is 15.0. The first-order chi connectivity index (χ1) is 6.91. The Labute approximate surface area is 88.7 Å². The van der Waals surface area contributed by atoms with E-state index in [0.717, 1.165) is 10.9 Å². The molecule has 2 rings (SSSR count). The van der Waals surface area contributed by atoms with Crippen molar-refractivity contribution in [2.75, 3.05) is 0 Å².